The van der Waals surface area contributed by atoms with Gasteiger partial charge in [-0.1, -0.05) is 65.2 Å². The summed E-state index contributed by atoms with van der Waals surface area (Å²) in [6.07, 6.45) is 10.8. The van der Waals surface area contributed by atoms with Crippen LogP contribution in [0.5, 0.6) is 11.5 Å². The molecule has 0 N–H and O–H groups in total. The number of methoxy groups -OCH3 is 2. The molecule has 5 heteroatoms. The van der Waals surface area contributed by atoms with Gasteiger partial charge in [0.2, 0.25) is 0 Å². The van der Waals surface area contributed by atoms with Crippen LogP contribution in [0.3, 0.4) is 0 Å². The number of hydrogen-bond acceptors (Lipinski definition) is 4. The summed E-state index contributed by atoms with van der Waals surface area (Å²) in [5.74, 6) is 0.818. The van der Waals surface area contributed by atoms with Crippen molar-refractivity contribution in [2.24, 2.45) is 0 Å². The van der Waals surface area contributed by atoms with Gasteiger partial charge in [0.15, 0.2) is 0 Å². The molecule has 1 aliphatic heterocycles. The molecule has 0 atom stereocenters. The van der Waals surface area contributed by atoms with Crippen molar-refractivity contribution in [1.82, 2.24) is 4.90 Å². The maximum absolute atomic E-state index is 13.7. The highest BCUT2D eigenvalue weighted by Crippen LogP contribution is 2.41. The molecule has 0 aliphatic carbocycles. The molecule has 0 unspecified atom stereocenters. The molecule has 2 amide bonds. The summed E-state index contributed by atoms with van der Waals surface area (Å²) in [6.45, 7) is 4.39. The van der Waals surface area contributed by atoms with Crippen molar-refractivity contribution in [3.63, 3.8) is 0 Å². The van der Waals surface area contributed by atoms with E-state index in [2.05, 4.69) is 13.8 Å². The third-order valence-corrected chi connectivity index (χ3v) is 6.57. The highest BCUT2D eigenvalue weighted by Gasteiger charge is 2.38. The molecule has 2 aromatic rings. The number of carbonyl (C=O) groups is 2. The second-order valence-corrected chi connectivity index (χ2v) is 8.71. The van der Waals surface area contributed by atoms with E-state index < -0.39 is 0 Å². The minimum absolute atomic E-state index is 0.0592. The zero-order chi connectivity index (χ0) is 23.1. The molecule has 2 aromatic carbocycles. The van der Waals surface area contributed by atoms with Gasteiger partial charge in [-0.15, -0.1) is 0 Å². The summed E-state index contributed by atoms with van der Waals surface area (Å²) in [7, 11) is 3.18. The first-order valence-corrected chi connectivity index (χ1v) is 12.1. The van der Waals surface area contributed by atoms with Crippen molar-refractivity contribution in [3.8, 4) is 11.5 Å². The first-order chi connectivity index (χ1) is 15.6. The van der Waals surface area contributed by atoms with Gasteiger partial charge in [-0.05, 0) is 37.1 Å². The molecular weight excluding hydrogens is 402 g/mol. The summed E-state index contributed by atoms with van der Waals surface area (Å²) >= 11 is 0. The van der Waals surface area contributed by atoms with Crippen molar-refractivity contribution >= 4 is 22.6 Å². The number of benzene rings is 2. The van der Waals surface area contributed by atoms with Crippen LogP contribution in [-0.4, -0.2) is 37.0 Å². The van der Waals surface area contributed by atoms with Crippen LogP contribution in [0.4, 0.5) is 0 Å². The van der Waals surface area contributed by atoms with Crippen molar-refractivity contribution in [3.05, 3.63) is 35.4 Å². The number of carbonyl (C=O) groups excluding carboxylic acids is 2. The summed E-state index contributed by atoms with van der Waals surface area (Å²) in [4.78, 5) is 28.9. The zero-order valence-electron chi connectivity index (χ0n) is 20.0. The molecule has 1 aliphatic rings. The standard InChI is InChI=1S/C27H37NO4/c1-5-7-9-11-13-19(14-12-10-8-6-2)28-26(29)20-15-17-22(31-3)25-23(32-4)18-16-21(24(20)25)27(28)30/h15-19H,5-14H2,1-4H3. The molecule has 0 radical (unpaired) electrons. The summed E-state index contributed by atoms with van der Waals surface area (Å²) in [6, 6.07) is 7.12. The maximum Gasteiger partial charge on any atom is 0.261 e. The number of unbranched alkanes of at least 4 members (excludes halogenated alkanes) is 6. The van der Waals surface area contributed by atoms with Crippen molar-refractivity contribution < 1.29 is 19.1 Å². The topological polar surface area (TPSA) is 55.8 Å². The lowest BCUT2D eigenvalue weighted by Crippen LogP contribution is -2.47. The molecule has 0 saturated carbocycles. The molecule has 0 aromatic heterocycles. The Morgan fingerprint density at radius 2 is 1.16 bits per heavy atom. The van der Waals surface area contributed by atoms with Crippen molar-refractivity contribution in [2.45, 2.75) is 84.1 Å². The second kappa shape index (κ2) is 11.3. The van der Waals surface area contributed by atoms with Gasteiger partial charge < -0.3 is 9.47 Å². The lowest BCUT2D eigenvalue weighted by atomic mass is 9.90. The Kier molecular flexibility index (Phi) is 8.54. The van der Waals surface area contributed by atoms with Gasteiger partial charge in [-0.2, -0.15) is 0 Å². The van der Waals surface area contributed by atoms with Crippen LogP contribution in [0.1, 0.15) is 98.8 Å². The highest BCUT2D eigenvalue weighted by atomic mass is 16.5. The Morgan fingerprint density at radius 1 is 0.688 bits per heavy atom. The van der Waals surface area contributed by atoms with Crippen LogP contribution < -0.4 is 9.47 Å². The lowest BCUT2D eigenvalue weighted by Gasteiger charge is -2.34. The Balaban J connectivity index is 1.98. The van der Waals surface area contributed by atoms with Crippen LogP contribution in [0.15, 0.2) is 24.3 Å². The Hall–Kier alpha value is -2.56. The molecule has 174 valence electrons. The van der Waals surface area contributed by atoms with E-state index in [-0.39, 0.29) is 17.9 Å². The van der Waals surface area contributed by atoms with Crippen molar-refractivity contribution in [1.29, 1.82) is 0 Å². The number of hydrogen-bond donors (Lipinski definition) is 0. The Labute approximate surface area is 192 Å². The van der Waals surface area contributed by atoms with E-state index >= 15 is 0 Å². The van der Waals surface area contributed by atoms with Crippen LogP contribution in [0.2, 0.25) is 0 Å². The van der Waals surface area contributed by atoms with E-state index in [1.165, 1.54) is 25.7 Å². The number of nitrogens with zero attached hydrogens (tertiary/aromatic N) is 1. The van der Waals surface area contributed by atoms with Gasteiger partial charge in [0.25, 0.3) is 11.8 Å². The average Bonchev–Trinajstić information content (AvgIpc) is 2.81. The van der Waals surface area contributed by atoms with E-state index in [1.54, 1.807) is 43.4 Å². The third-order valence-electron chi connectivity index (χ3n) is 6.57. The fourth-order valence-corrected chi connectivity index (χ4v) is 4.83. The monoisotopic (exact) mass is 439 g/mol. The van der Waals surface area contributed by atoms with E-state index in [0.717, 1.165) is 38.5 Å². The Bertz CT molecular complexity index is 882. The molecule has 3 rings (SSSR count). The second-order valence-electron chi connectivity index (χ2n) is 8.71. The third kappa shape index (κ3) is 4.77. The molecule has 32 heavy (non-hydrogen) atoms. The number of rotatable bonds is 13. The van der Waals surface area contributed by atoms with Crippen LogP contribution in [0, 0.1) is 0 Å². The van der Waals surface area contributed by atoms with Gasteiger partial charge in [0.05, 0.1) is 19.6 Å². The van der Waals surface area contributed by atoms with Gasteiger partial charge in [-0.3, -0.25) is 14.5 Å². The normalized spacial score (nSPS) is 13.3. The highest BCUT2D eigenvalue weighted by molar-refractivity contribution is 6.27. The fourth-order valence-electron chi connectivity index (χ4n) is 4.83. The number of amides is 2. The quantitative estimate of drug-likeness (QED) is 0.255. The average molecular weight is 440 g/mol. The molecular formula is C27H37NO4. The molecule has 0 bridgehead atoms. The molecule has 5 nitrogen and oxygen atoms in total. The predicted molar refractivity (Wildman–Crippen MR) is 129 cm³/mol. The van der Waals surface area contributed by atoms with Gasteiger partial charge >= 0.3 is 0 Å². The smallest absolute Gasteiger partial charge is 0.261 e. The molecule has 0 spiro atoms. The summed E-state index contributed by atoms with van der Waals surface area (Å²) in [5.41, 5.74) is 1.11. The molecule has 0 saturated heterocycles. The zero-order valence-corrected chi connectivity index (χ0v) is 20.0. The van der Waals surface area contributed by atoms with E-state index in [9.17, 15) is 9.59 Å². The van der Waals surface area contributed by atoms with Gasteiger partial charge in [0.1, 0.15) is 11.5 Å². The fraction of sp³-hybridized carbons (Fsp3) is 0.556. The first-order valence-electron chi connectivity index (χ1n) is 12.1. The van der Waals surface area contributed by atoms with E-state index in [0.29, 0.717) is 33.4 Å². The first kappa shape index (κ1) is 24.1. The van der Waals surface area contributed by atoms with Crippen molar-refractivity contribution in [2.75, 3.05) is 14.2 Å². The molecule has 1 heterocycles. The van der Waals surface area contributed by atoms with Crippen LogP contribution in [-0.2, 0) is 0 Å². The molecule has 0 fully saturated rings. The van der Waals surface area contributed by atoms with Gasteiger partial charge in [0, 0.05) is 22.6 Å². The summed E-state index contributed by atoms with van der Waals surface area (Å²) < 4.78 is 11.1. The minimum atomic E-state index is -0.195. The maximum atomic E-state index is 13.7. The number of ether oxygens (including phenoxy) is 2. The Morgan fingerprint density at radius 3 is 1.56 bits per heavy atom. The van der Waals surface area contributed by atoms with Gasteiger partial charge in [-0.25, -0.2) is 0 Å². The minimum Gasteiger partial charge on any atom is -0.496 e. The number of imide groups is 1. The lowest BCUT2D eigenvalue weighted by molar-refractivity contribution is 0.0517. The van der Waals surface area contributed by atoms with Crippen LogP contribution in [0.25, 0.3) is 10.8 Å². The predicted octanol–water partition coefficient (Wildman–Crippen LogP) is 6.76. The SMILES string of the molecule is CCCCCCC(CCCCCC)N1C(=O)c2ccc(OC)c3c(OC)ccc(c23)C1=O. The van der Waals surface area contributed by atoms with Crippen LogP contribution >= 0.6 is 0 Å². The summed E-state index contributed by atoms with van der Waals surface area (Å²) in [5, 5.41) is 1.33. The van der Waals surface area contributed by atoms with E-state index in [1.807, 2.05) is 0 Å². The largest absolute Gasteiger partial charge is 0.496 e. The van der Waals surface area contributed by atoms with E-state index in [4.69, 9.17) is 9.47 Å².